The van der Waals surface area contributed by atoms with Crippen molar-refractivity contribution in [2.45, 2.75) is 51.1 Å². The number of nitrogens with one attached hydrogen (secondary N) is 1. The molecule has 6 heteroatoms. The van der Waals surface area contributed by atoms with Crippen molar-refractivity contribution in [2.24, 2.45) is 5.92 Å². The molecule has 2 aliphatic carbocycles. The van der Waals surface area contributed by atoms with Crippen molar-refractivity contribution in [3.05, 3.63) is 35.7 Å². The number of amides is 1. The first-order valence-electron chi connectivity index (χ1n) is 9.05. The van der Waals surface area contributed by atoms with Crippen LogP contribution >= 0.6 is 0 Å². The van der Waals surface area contributed by atoms with Gasteiger partial charge in [-0.15, -0.1) is 0 Å². The largest absolute Gasteiger partial charge is 0.396 e. The second-order valence-corrected chi connectivity index (χ2v) is 7.43. The summed E-state index contributed by atoms with van der Waals surface area (Å²) in [6.45, 7) is 4.25. The van der Waals surface area contributed by atoms with Gasteiger partial charge in [0.2, 0.25) is 0 Å². The third-order valence-corrected chi connectivity index (χ3v) is 5.04. The van der Waals surface area contributed by atoms with Gasteiger partial charge in [0.1, 0.15) is 0 Å². The Labute approximate surface area is 146 Å². The van der Waals surface area contributed by atoms with Gasteiger partial charge in [0.05, 0.1) is 17.1 Å². The molecule has 6 nitrogen and oxygen atoms in total. The first-order valence-corrected chi connectivity index (χ1v) is 9.05. The fourth-order valence-corrected chi connectivity index (χ4v) is 3.45. The zero-order valence-corrected chi connectivity index (χ0v) is 14.6. The lowest BCUT2D eigenvalue weighted by Crippen LogP contribution is -2.33. The zero-order chi connectivity index (χ0) is 17.6. The molecule has 2 aromatic rings. The second kappa shape index (κ2) is 6.26. The number of carbonyl (C=O) groups excluding carboxylic acids is 1. The van der Waals surface area contributed by atoms with Gasteiger partial charge in [-0.2, -0.15) is 5.10 Å². The van der Waals surface area contributed by atoms with Gasteiger partial charge in [-0.05, 0) is 39.2 Å². The molecule has 2 atom stereocenters. The molecular weight excluding hydrogens is 316 g/mol. The van der Waals surface area contributed by atoms with Crippen LogP contribution in [0.4, 0.5) is 0 Å². The summed E-state index contributed by atoms with van der Waals surface area (Å²) in [5.74, 6) is 0.510. The maximum Gasteiger partial charge on any atom is 0.252 e. The van der Waals surface area contributed by atoms with Crippen LogP contribution in [0.2, 0.25) is 0 Å². The highest BCUT2D eigenvalue weighted by molar-refractivity contribution is 6.05. The molecule has 0 spiro atoms. The fraction of sp³-hybridized carbons (Fsp3) is 0.526. The Balaban J connectivity index is 1.68. The summed E-state index contributed by atoms with van der Waals surface area (Å²) in [5.41, 5.74) is 2.44. The molecule has 0 bridgehead atoms. The molecule has 2 N–H and O–H groups in total. The molecule has 1 amide bonds. The number of rotatable bonds is 5. The summed E-state index contributed by atoms with van der Waals surface area (Å²) in [5, 5.41) is 17.6. The van der Waals surface area contributed by atoms with Crippen LogP contribution in [0, 0.1) is 5.92 Å². The second-order valence-electron chi connectivity index (χ2n) is 7.43. The minimum atomic E-state index is -0.0918. The van der Waals surface area contributed by atoms with E-state index in [2.05, 4.69) is 24.3 Å². The number of pyridine rings is 1. The first kappa shape index (κ1) is 16.3. The fourth-order valence-electron chi connectivity index (χ4n) is 3.45. The van der Waals surface area contributed by atoms with Crippen molar-refractivity contribution >= 4 is 16.9 Å². The zero-order valence-electron chi connectivity index (χ0n) is 14.6. The minimum absolute atomic E-state index is 0.0302. The topological polar surface area (TPSA) is 80.0 Å². The SMILES string of the molecule is CC(C)n1ncc2c(C(=O)N[C@@H]3C=C[C@H](CO)C3)cc(C3CC3)nc21. The molecule has 1 fully saturated rings. The van der Waals surface area contributed by atoms with Crippen LogP contribution in [0.1, 0.15) is 61.1 Å². The van der Waals surface area contributed by atoms with Crippen LogP contribution in [0.15, 0.2) is 24.4 Å². The highest BCUT2D eigenvalue weighted by atomic mass is 16.3. The molecule has 2 heterocycles. The molecule has 0 saturated heterocycles. The lowest BCUT2D eigenvalue weighted by Gasteiger charge is -2.14. The van der Waals surface area contributed by atoms with Crippen molar-refractivity contribution in [3.8, 4) is 0 Å². The van der Waals surface area contributed by atoms with Crippen LogP contribution in [-0.2, 0) is 0 Å². The maximum atomic E-state index is 12.9. The molecule has 4 rings (SSSR count). The van der Waals surface area contributed by atoms with E-state index >= 15 is 0 Å². The van der Waals surface area contributed by atoms with Gasteiger partial charge in [-0.25, -0.2) is 9.67 Å². The highest BCUT2D eigenvalue weighted by Gasteiger charge is 2.29. The summed E-state index contributed by atoms with van der Waals surface area (Å²) < 4.78 is 1.88. The quantitative estimate of drug-likeness (QED) is 0.820. The van der Waals surface area contributed by atoms with Crippen LogP contribution < -0.4 is 5.32 Å². The number of aromatic nitrogens is 3. The Morgan fingerprint density at radius 3 is 2.84 bits per heavy atom. The predicted octanol–water partition coefficient (Wildman–Crippen LogP) is 2.56. The van der Waals surface area contributed by atoms with Gasteiger partial charge in [0, 0.05) is 36.2 Å². The van der Waals surface area contributed by atoms with E-state index in [1.54, 1.807) is 6.20 Å². The predicted molar refractivity (Wildman–Crippen MR) is 95.5 cm³/mol. The summed E-state index contributed by atoms with van der Waals surface area (Å²) in [6, 6.07) is 2.10. The molecular formula is C19H24N4O2. The number of nitrogens with zero attached hydrogens (tertiary/aromatic N) is 3. The number of hydrogen-bond donors (Lipinski definition) is 2. The summed E-state index contributed by atoms with van der Waals surface area (Å²) in [6.07, 6.45) is 8.71. The lowest BCUT2D eigenvalue weighted by atomic mass is 10.1. The van der Waals surface area contributed by atoms with Gasteiger partial charge < -0.3 is 10.4 Å². The van der Waals surface area contributed by atoms with E-state index in [1.807, 2.05) is 22.9 Å². The first-order chi connectivity index (χ1) is 12.1. The van der Waals surface area contributed by atoms with Gasteiger partial charge in [-0.3, -0.25) is 4.79 Å². The smallest absolute Gasteiger partial charge is 0.252 e. The van der Waals surface area contributed by atoms with Crippen molar-refractivity contribution < 1.29 is 9.90 Å². The average Bonchev–Trinajstić information content (AvgIpc) is 3.19. The van der Waals surface area contributed by atoms with E-state index in [4.69, 9.17) is 4.98 Å². The molecule has 0 radical (unpaired) electrons. The van der Waals surface area contributed by atoms with Crippen molar-refractivity contribution in [1.82, 2.24) is 20.1 Å². The third-order valence-electron chi connectivity index (χ3n) is 5.04. The average molecular weight is 340 g/mol. The number of hydrogen-bond acceptors (Lipinski definition) is 4. The van der Waals surface area contributed by atoms with Crippen LogP contribution in [0.5, 0.6) is 0 Å². The summed E-state index contributed by atoms with van der Waals surface area (Å²) >= 11 is 0. The Bertz CT molecular complexity index is 835. The van der Waals surface area contributed by atoms with Gasteiger partial charge in [0.15, 0.2) is 5.65 Å². The van der Waals surface area contributed by atoms with E-state index in [-0.39, 0.29) is 30.5 Å². The van der Waals surface area contributed by atoms with E-state index in [9.17, 15) is 9.90 Å². The Kier molecular flexibility index (Phi) is 4.07. The minimum Gasteiger partial charge on any atom is -0.396 e. The van der Waals surface area contributed by atoms with E-state index in [0.29, 0.717) is 11.5 Å². The van der Waals surface area contributed by atoms with Crippen LogP contribution in [0.3, 0.4) is 0 Å². The van der Waals surface area contributed by atoms with Crippen LogP contribution in [-0.4, -0.2) is 38.4 Å². The molecule has 2 aromatic heterocycles. The van der Waals surface area contributed by atoms with E-state index in [0.717, 1.165) is 36.0 Å². The molecule has 132 valence electrons. The van der Waals surface area contributed by atoms with Crippen molar-refractivity contribution in [2.75, 3.05) is 6.61 Å². The van der Waals surface area contributed by atoms with Gasteiger partial charge in [-0.1, -0.05) is 12.2 Å². The number of fused-ring (bicyclic) bond motifs is 1. The third kappa shape index (κ3) is 3.06. The lowest BCUT2D eigenvalue weighted by molar-refractivity contribution is 0.0942. The van der Waals surface area contributed by atoms with Crippen molar-refractivity contribution in [3.63, 3.8) is 0 Å². The molecule has 25 heavy (non-hydrogen) atoms. The normalized spacial score (nSPS) is 22.9. The summed E-state index contributed by atoms with van der Waals surface area (Å²) in [4.78, 5) is 17.7. The molecule has 0 aliphatic heterocycles. The molecule has 0 unspecified atom stereocenters. The summed E-state index contributed by atoms with van der Waals surface area (Å²) in [7, 11) is 0. The van der Waals surface area contributed by atoms with E-state index in [1.165, 1.54) is 0 Å². The molecule has 2 aliphatic rings. The highest BCUT2D eigenvalue weighted by Crippen LogP contribution is 2.40. The van der Waals surface area contributed by atoms with Gasteiger partial charge in [0.25, 0.3) is 5.91 Å². The Hall–Kier alpha value is -2.21. The monoisotopic (exact) mass is 340 g/mol. The number of aliphatic hydroxyl groups excluding tert-OH is 1. The molecule has 0 aromatic carbocycles. The molecule has 1 saturated carbocycles. The Morgan fingerprint density at radius 1 is 1.40 bits per heavy atom. The standard InChI is InChI=1S/C19H24N4O2/c1-11(2)23-18-16(9-20-23)15(8-17(22-18)13-4-5-13)19(25)21-14-6-3-12(7-14)10-24/h3,6,8-9,11-14,24H,4-5,7,10H2,1-2H3,(H,21,25)/t12-,14+/m0/s1. The maximum absolute atomic E-state index is 12.9. The number of aliphatic hydroxyl groups is 1. The van der Waals surface area contributed by atoms with Gasteiger partial charge >= 0.3 is 0 Å². The Morgan fingerprint density at radius 2 is 2.20 bits per heavy atom. The number of carbonyl (C=O) groups is 1. The van der Waals surface area contributed by atoms with Crippen LogP contribution in [0.25, 0.3) is 11.0 Å². The van der Waals surface area contributed by atoms with Crippen molar-refractivity contribution in [1.29, 1.82) is 0 Å². The van der Waals surface area contributed by atoms with E-state index < -0.39 is 0 Å².